The van der Waals surface area contributed by atoms with Gasteiger partial charge in [0.1, 0.15) is 0 Å². The maximum absolute atomic E-state index is 5.35. The highest BCUT2D eigenvalue weighted by atomic mass is 32.1. The number of ether oxygens (including phenoxy) is 1. The van der Waals surface area contributed by atoms with Crippen molar-refractivity contribution in [2.45, 2.75) is 19.9 Å². The molecule has 1 unspecified atom stereocenters. The summed E-state index contributed by atoms with van der Waals surface area (Å²) in [6.45, 7) is 5.38. The minimum Gasteiger partial charge on any atom is -0.380 e. The van der Waals surface area contributed by atoms with Gasteiger partial charge in [0, 0.05) is 6.61 Å². The van der Waals surface area contributed by atoms with Crippen molar-refractivity contribution in [3.8, 4) is 0 Å². The van der Waals surface area contributed by atoms with Crippen molar-refractivity contribution in [3.63, 3.8) is 0 Å². The van der Waals surface area contributed by atoms with Crippen LogP contribution < -0.4 is 5.32 Å². The van der Waals surface area contributed by atoms with Crippen molar-refractivity contribution in [1.82, 2.24) is 14.9 Å². The molecule has 0 spiro atoms. The minimum absolute atomic E-state index is 0.222. The Hall–Kier alpha value is -0.520. The number of likely N-dealkylation sites (N-methyl/N-ethyl adjacent to an activating group) is 1. The van der Waals surface area contributed by atoms with E-state index < -0.39 is 0 Å². The molecule has 0 bridgehead atoms. The quantitative estimate of drug-likeness (QED) is 0.776. The first-order chi connectivity index (χ1) is 6.29. The molecule has 1 aromatic rings. The lowest BCUT2D eigenvalue weighted by molar-refractivity contribution is 0.126. The SMILES string of the molecule is CCOCC(NC)c1snnc1C. The Kier molecular flexibility index (Phi) is 4.27. The number of rotatable bonds is 5. The summed E-state index contributed by atoms with van der Waals surface area (Å²) in [7, 11) is 1.92. The third-order valence-corrected chi connectivity index (χ3v) is 2.78. The molecule has 0 fully saturated rings. The first kappa shape index (κ1) is 10.6. The lowest BCUT2D eigenvalue weighted by atomic mass is 10.2. The molecule has 5 heteroatoms. The van der Waals surface area contributed by atoms with Gasteiger partial charge in [-0.1, -0.05) is 4.49 Å². The zero-order valence-electron chi connectivity index (χ0n) is 8.20. The average Bonchev–Trinajstić information content (AvgIpc) is 2.54. The molecule has 0 radical (unpaired) electrons. The third-order valence-electron chi connectivity index (χ3n) is 1.84. The molecule has 0 saturated carbocycles. The van der Waals surface area contributed by atoms with Crippen LogP contribution in [0.25, 0.3) is 0 Å². The van der Waals surface area contributed by atoms with Gasteiger partial charge in [-0.25, -0.2) is 0 Å². The summed E-state index contributed by atoms with van der Waals surface area (Å²) in [5.74, 6) is 0. The first-order valence-corrected chi connectivity index (χ1v) is 5.10. The van der Waals surface area contributed by atoms with Gasteiger partial charge in [0.15, 0.2) is 0 Å². The summed E-state index contributed by atoms with van der Waals surface area (Å²) in [4.78, 5) is 1.16. The zero-order chi connectivity index (χ0) is 9.68. The summed E-state index contributed by atoms with van der Waals surface area (Å²) in [5.41, 5.74) is 0.990. The molecule has 0 aliphatic carbocycles. The molecule has 0 saturated heterocycles. The molecule has 1 heterocycles. The Balaban J connectivity index is 2.61. The molecule has 13 heavy (non-hydrogen) atoms. The van der Waals surface area contributed by atoms with Crippen molar-refractivity contribution in [2.24, 2.45) is 0 Å². The highest BCUT2D eigenvalue weighted by Crippen LogP contribution is 2.19. The second-order valence-electron chi connectivity index (χ2n) is 2.72. The largest absolute Gasteiger partial charge is 0.380 e. The molecule has 0 aromatic carbocycles. The van der Waals surface area contributed by atoms with Crippen LogP contribution >= 0.6 is 11.5 Å². The van der Waals surface area contributed by atoms with E-state index in [9.17, 15) is 0 Å². The Morgan fingerprint density at radius 3 is 2.85 bits per heavy atom. The third kappa shape index (κ3) is 2.72. The fraction of sp³-hybridized carbons (Fsp3) is 0.750. The van der Waals surface area contributed by atoms with E-state index in [0.717, 1.165) is 17.2 Å². The normalized spacial score (nSPS) is 13.2. The fourth-order valence-corrected chi connectivity index (χ4v) is 1.82. The van der Waals surface area contributed by atoms with Crippen molar-refractivity contribution in [3.05, 3.63) is 10.6 Å². The molecule has 1 rings (SSSR count). The minimum atomic E-state index is 0.222. The van der Waals surface area contributed by atoms with Crippen LogP contribution in [0, 0.1) is 6.92 Å². The van der Waals surface area contributed by atoms with Gasteiger partial charge in [-0.05, 0) is 32.4 Å². The van der Waals surface area contributed by atoms with Crippen LogP contribution in [0.3, 0.4) is 0 Å². The lowest BCUT2D eigenvalue weighted by Crippen LogP contribution is -2.21. The number of aryl methyl sites for hydroxylation is 1. The van der Waals surface area contributed by atoms with E-state index >= 15 is 0 Å². The van der Waals surface area contributed by atoms with Gasteiger partial charge in [-0.3, -0.25) is 0 Å². The highest BCUT2D eigenvalue weighted by molar-refractivity contribution is 7.05. The number of hydrogen-bond donors (Lipinski definition) is 1. The molecular weight excluding hydrogens is 186 g/mol. The predicted octanol–water partition coefficient (Wildman–Crippen LogP) is 1.14. The standard InChI is InChI=1S/C8H15N3OS/c1-4-12-5-7(9-3)8-6(2)10-11-13-8/h7,9H,4-5H2,1-3H3. The monoisotopic (exact) mass is 201 g/mol. The van der Waals surface area contributed by atoms with Crippen LogP contribution in [-0.4, -0.2) is 29.8 Å². The molecule has 74 valence electrons. The Labute approximate surface area is 82.5 Å². The van der Waals surface area contributed by atoms with E-state index in [2.05, 4.69) is 14.9 Å². The first-order valence-electron chi connectivity index (χ1n) is 4.33. The van der Waals surface area contributed by atoms with Crippen molar-refractivity contribution in [1.29, 1.82) is 0 Å². The average molecular weight is 201 g/mol. The van der Waals surface area contributed by atoms with Gasteiger partial charge < -0.3 is 10.1 Å². The Bertz CT molecular complexity index is 251. The molecule has 0 amide bonds. The van der Waals surface area contributed by atoms with Crippen LogP contribution in [0.5, 0.6) is 0 Å². The van der Waals surface area contributed by atoms with E-state index in [1.165, 1.54) is 11.5 Å². The van der Waals surface area contributed by atoms with Gasteiger partial charge in [0.05, 0.1) is 23.2 Å². The van der Waals surface area contributed by atoms with Crippen LogP contribution in [-0.2, 0) is 4.74 Å². The van der Waals surface area contributed by atoms with Crippen LogP contribution in [0.1, 0.15) is 23.5 Å². The Morgan fingerprint density at radius 1 is 1.62 bits per heavy atom. The zero-order valence-corrected chi connectivity index (χ0v) is 9.02. The smallest absolute Gasteiger partial charge is 0.0773 e. The van der Waals surface area contributed by atoms with Crippen LogP contribution in [0.4, 0.5) is 0 Å². The summed E-state index contributed by atoms with van der Waals surface area (Å²) in [6.07, 6.45) is 0. The van der Waals surface area contributed by atoms with Gasteiger partial charge in [-0.15, -0.1) is 5.10 Å². The van der Waals surface area contributed by atoms with Gasteiger partial charge in [-0.2, -0.15) is 0 Å². The van der Waals surface area contributed by atoms with E-state index in [1.807, 2.05) is 20.9 Å². The molecule has 0 aliphatic rings. The topological polar surface area (TPSA) is 47.0 Å². The molecule has 0 aliphatic heterocycles. The Morgan fingerprint density at radius 2 is 2.38 bits per heavy atom. The maximum atomic E-state index is 5.35. The van der Waals surface area contributed by atoms with Crippen molar-refractivity contribution in [2.75, 3.05) is 20.3 Å². The highest BCUT2D eigenvalue weighted by Gasteiger charge is 2.14. The maximum Gasteiger partial charge on any atom is 0.0773 e. The number of aromatic nitrogens is 2. The van der Waals surface area contributed by atoms with E-state index in [4.69, 9.17) is 4.74 Å². The van der Waals surface area contributed by atoms with Crippen LogP contribution in [0.15, 0.2) is 0 Å². The summed E-state index contributed by atoms with van der Waals surface area (Å²) >= 11 is 1.43. The molecule has 1 atom stereocenters. The number of nitrogens with one attached hydrogen (secondary N) is 1. The number of nitrogens with zero attached hydrogens (tertiary/aromatic N) is 2. The van der Waals surface area contributed by atoms with Crippen molar-refractivity contribution < 1.29 is 4.74 Å². The summed E-state index contributed by atoms with van der Waals surface area (Å²) in [5, 5.41) is 7.15. The fourth-order valence-electron chi connectivity index (χ4n) is 1.08. The van der Waals surface area contributed by atoms with E-state index in [-0.39, 0.29) is 6.04 Å². The second-order valence-corrected chi connectivity index (χ2v) is 3.51. The van der Waals surface area contributed by atoms with Gasteiger partial charge in [0.2, 0.25) is 0 Å². The summed E-state index contributed by atoms with van der Waals surface area (Å²) in [6, 6.07) is 0.222. The van der Waals surface area contributed by atoms with Crippen LogP contribution in [0.2, 0.25) is 0 Å². The molecular formula is C8H15N3OS. The molecule has 4 nitrogen and oxygen atoms in total. The van der Waals surface area contributed by atoms with Crippen molar-refractivity contribution >= 4 is 11.5 Å². The molecule has 1 aromatic heterocycles. The second kappa shape index (κ2) is 5.26. The lowest BCUT2D eigenvalue weighted by Gasteiger charge is -2.13. The predicted molar refractivity (Wildman–Crippen MR) is 52.9 cm³/mol. The molecule has 1 N–H and O–H groups in total. The van der Waals surface area contributed by atoms with Gasteiger partial charge in [0.25, 0.3) is 0 Å². The van der Waals surface area contributed by atoms with E-state index in [0.29, 0.717) is 6.61 Å². The summed E-state index contributed by atoms with van der Waals surface area (Å²) < 4.78 is 9.25. The van der Waals surface area contributed by atoms with E-state index in [1.54, 1.807) is 0 Å². The number of hydrogen-bond acceptors (Lipinski definition) is 5. The van der Waals surface area contributed by atoms with Gasteiger partial charge >= 0.3 is 0 Å².